The molecule has 0 saturated heterocycles. The predicted molar refractivity (Wildman–Crippen MR) is 98.2 cm³/mol. The maximum atomic E-state index is 13.7. The summed E-state index contributed by atoms with van der Waals surface area (Å²) in [7, 11) is 1.92. The number of rotatable bonds is 5. The molecule has 0 heterocycles. The highest BCUT2D eigenvalue weighted by molar-refractivity contribution is 7.80. The lowest BCUT2D eigenvalue weighted by Crippen LogP contribution is -2.23. The van der Waals surface area contributed by atoms with Crippen LogP contribution in [0.15, 0.2) is 66.7 Å². The Morgan fingerprint density at radius 1 is 0.680 bits per heavy atom. The standard InChI is InChI=1S/C20H17F2O2P/c1-23-17-12-14(21)8-10-19(17)25(16-6-4-3-5-7-16)20-11-9-15(22)13-18(20)24-2/h3-13H,1-2H3. The molecular weight excluding hydrogens is 341 g/mol. The predicted octanol–water partition coefficient (Wildman–Crippen LogP) is 3.74. The van der Waals surface area contributed by atoms with Gasteiger partial charge in [0.1, 0.15) is 23.1 Å². The van der Waals surface area contributed by atoms with E-state index in [0.29, 0.717) is 11.5 Å². The molecule has 3 aromatic carbocycles. The molecule has 3 rings (SSSR count). The lowest BCUT2D eigenvalue weighted by molar-refractivity contribution is 0.414. The zero-order chi connectivity index (χ0) is 17.8. The summed E-state index contributed by atoms with van der Waals surface area (Å²) >= 11 is 0. The summed E-state index contributed by atoms with van der Waals surface area (Å²) in [5.74, 6) is 0.187. The van der Waals surface area contributed by atoms with Gasteiger partial charge in [0.15, 0.2) is 0 Å². The first-order valence-corrected chi connectivity index (χ1v) is 9.00. The van der Waals surface area contributed by atoms with Crippen LogP contribution >= 0.6 is 7.92 Å². The van der Waals surface area contributed by atoms with Crippen molar-refractivity contribution < 1.29 is 18.3 Å². The minimum Gasteiger partial charge on any atom is -0.496 e. The fourth-order valence-electron chi connectivity index (χ4n) is 2.66. The molecular formula is C20H17F2O2P. The van der Waals surface area contributed by atoms with E-state index in [-0.39, 0.29) is 11.6 Å². The van der Waals surface area contributed by atoms with Crippen LogP contribution in [0.2, 0.25) is 0 Å². The van der Waals surface area contributed by atoms with Crippen LogP contribution in [0.1, 0.15) is 0 Å². The highest BCUT2D eigenvalue weighted by atomic mass is 31.1. The Morgan fingerprint density at radius 3 is 1.60 bits per heavy atom. The van der Waals surface area contributed by atoms with Crippen molar-refractivity contribution in [3.05, 3.63) is 78.4 Å². The molecule has 0 N–H and O–H groups in total. The summed E-state index contributed by atoms with van der Waals surface area (Å²) in [6.45, 7) is 0. The van der Waals surface area contributed by atoms with E-state index in [1.807, 2.05) is 30.3 Å². The van der Waals surface area contributed by atoms with Crippen molar-refractivity contribution in [2.75, 3.05) is 14.2 Å². The number of methoxy groups -OCH3 is 2. The van der Waals surface area contributed by atoms with Crippen LogP contribution in [0.25, 0.3) is 0 Å². The van der Waals surface area contributed by atoms with E-state index >= 15 is 0 Å². The average molecular weight is 358 g/mol. The molecule has 0 spiro atoms. The summed E-state index contributed by atoms with van der Waals surface area (Å²) in [4.78, 5) is 0. The number of ether oxygens (including phenoxy) is 2. The fraction of sp³-hybridized carbons (Fsp3) is 0.100. The molecule has 0 saturated carbocycles. The van der Waals surface area contributed by atoms with E-state index in [4.69, 9.17) is 9.47 Å². The normalized spacial score (nSPS) is 10.8. The van der Waals surface area contributed by atoms with E-state index in [1.54, 1.807) is 12.1 Å². The second-order valence-electron chi connectivity index (χ2n) is 5.30. The van der Waals surface area contributed by atoms with Gasteiger partial charge in [0.05, 0.1) is 14.2 Å². The highest BCUT2D eigenvalue weighted by Crippen LogP contribution is 2.39. The molecule has 0 unspecified atom stereocenters. The van der Waals surface area contributed by atoms with Crippen LogP contribution < -0.4 is 25.4 Å². The zero-order valence-corrected chi connectivity index (χ0v) is 14.8. The Balaban J connectivity index is 2.25. The number of benzene rings is 3. The zero-order valence-electron chi connectivity index (χ0n) is 13.9. The van der Waals surface area contributed by atoms with Gasteiger partial charge in [-0.2, -0.15) is 0 Å². The van der Waals surface area contributed by atoms with Crippen LogP contribution in [0.4, 0.5) is 8.78 Å². The molecule has 0 radical (unpaired) electrons. The van der Waals surface area contributed by atoms with Gasteiger partial charge in [-0.3, -0.25) is 0 Å². The second-order valence-corrected chi connectivity index (χ2v) is 7.45. The third-order valence-corrected chi connectivity index (χ3v) is 6.30. The SMILES string of the molecule is COc1cc(F)ccc1P(c1ccccc1)c1ccc(F)cc1OC. The van der Waals surface area contributed by atoms with Crippen molar-refractivity contribution in [1.29, 1.82) is 0 Å². The number of halogens is 2. The molecule has 0 atom stereocenters. The molecule has 0 fully saturated rings. The monoisotopic (exact) mass is 358 g/mol. The third-order valence-electron chi connectivity index (χ3n) is 3.78. The minimum absolute atomic E-state index is 0.366. The number of hydrogen-bond acceptors (Lipinski definition) is 2. The van der Waals surface area contributed by atoms with Gasteiger partial charge in [-0.15, -0.1) is 0 Å². The molecule has 0 aliphatic heterocycles. The van der Waals surface area contributed by atoms with Gasteiger partial charge >= 0.3 is 0 Å². The summed E-state index contributed by atoms with van der Waals surface area (Å²) in [5.41, 5.74) is 0. The first kappa shape index (κ1) is 17.4. The molecule has 5 heteroatoms. The molecule has 128 valence electrons. The van der Waals surface area contributed by atoms with Crippen molar-refractivity contribution in [2.45, 2.75) is 0 Å². The minimum atomic E-state index is -1.11. The Kier molecular flexibility index (Phi) is 5.30. The molecule has 2 nitrogen and oxygen atoms in total. The van der Waals surface area contributed by atoms with Crippen molar-refractivity contribution >= 4 is 23.8 Å². The van der Waals surface area contributed by atoms with E-state index in [2.05, 4.69) is 0 Å². The quantitative estimate of drug-likeness (QED) is 0.647. The fourth-order valence-corrected chi connectivity index (χ4v) is 5.14. The van der Waals surface area contributed by atoms with Crippen molar-refractivity contribution in [2.24, 2.45) is 0 Å². The van der Waals surface area contributed by atoms with Crippen molar-refractivity contribution in [3.63, 3.8) is 0 Å². The maximum absolute atomic E-state index is 13.7. The molecule has 3 aromatic rings. The van der Waals surface area contributed by atoms with E-state index in [0.717, 1.165) is 15.9 Å². The van der Waals surface area contributed by atoms with Crippen LogP contribution in [-0.4, -0.2) is 14.2 Å². The summed E-state index contributed by atoms with van der Waals surface area (Å²) in [5, 5.41) is 2.72. The van der Waals surface area contributed by atoms with Gasteiger partial charge in [-0.25, -0.2) is 8.78 Å². The Labute approximate surface area is 146 Å². The molecule has 25 heavy (non-hydrogen) atoms. The van der Waals surface area contributed by atoms with Crippen LogP contribution in [0.3, 0.4) is 0 Å². The van der Waals surface area contributed by atoms with Crippen LogP contribution in [-0.2, 0) is 0 Å². The Bertz CT molecular complexity index is 815. The van der Waals surface area contributed by atoms with Crippen molar-refractivity contribution in [1.82, 2.24) is 0 Å². The van der Waals surface area contributed by atoms with Gasteiger partial charge in [0.2, 0.25) is 0 Å². The topological polar surface area (TPSA) is 18.5 Å². The maximum Gasteiger partial charge on any atom is 0.130 e. The smallest absolute Gasteiger partial charge is 0.130 e. The molecule has 0 bridgehead atoms. The second kappa shape index (κ2) is 7.62. The van der Waals surface area contributed by atoms with Gasteiger partial charge in [-0.1, -0.05) is 30.3 Å². The lowest BCUT2D eigenvalue weighted by atomic mass is 10.3. The van der Waals surface area contributed by atoms with Gasteiger partial charge in [-0.05, 0) is 37.5 Å². The van der Waals surface area contributed by atoms with Gasteiger partial charge in [0.25, 0.3) is 0 Å². The number of hydrogen-bond donors (Lipinski definition) is 0. The summed E-state index contributed by atoms with van der Waals surface area (Å²) in [6.07, 6.45) is 0. The van der Waals surface area contributed by atoms with E-state index in [1.165, 1.54) is 38.5 Å². The molecule has 0 aliphatic carbocycles. The Morgan fingerprint density at radius 2 is 1.16 bits per heavy atom. The first-order valence-electron chi connectivity index (χ1n) is 7.66. The van der Waals surface area contributed by atoms with Crippen LogP contribution in [0, 0.1) is 11.6 Å². The first-order chi connectivity index (χ1) is 12.1. The molecule has 0 aromatic heterocycles. The molecule has 0 aliphatic rings. The molecule has 0 amide bonds. The van der Waals surface area contributed by atoms with E-state index in [9.17, 15) is 8.78 Å². The largest absolute Gasteiger partial charge is 0.496 e. The van der Waals surface area contributed by atoms with E-state index < -0.39 is 7.92 Å². The van der Waals surface area contributed by atoms with Gasteiger partial charge < -0.3 is 9.47 Å². The summed E-state index contributed by atoms with van der Waals surface area (Å²) in [6, 6.07) is 18.8. The third kappa shape index (κ3) is 3.64. The highest BCUT2D eigenvalue weighted by Gasteiger charge is 2.24. The summed E-state index contributed by atoms with van der Waals surface area (Å²) < 4.78 is 38.1. The van der Waals surface area contributed by atoms with Crippen molar-refractivity contribution in [3.8, 4) is 11.5 Å². The Hall–Kier alpha value is -2.45. The average Bonchev–Trinajstić information content (AvgIpc) is 2.64. The van der Waals surface area contributed by atoms with Crippen LogP contribution in [0.5, 0.6) is 11.5 Å². The van der Waals surface area contributed by atoms with Gasteiger partial charge in [0, 0.05) is 22.7 Å². The lowest BCUT2D eigenvalue weighted by Gasteiger charge is -2.23.